The zero-order chi connectivity index (χ0) is 20.2. The van der Waals surface area contributed by atoms with Gasteiger partial charge in [0.05, 0.1) is 22.4 Å². The number of anilines is 1. The number of hydrogen-bond donors (Lipinski definition) is 0. The molecule has 0 bridgehead atoms. The van der Waals surface area contributed by atoms with Gasteiger partial charge in [0.15, 0.2) is 5.16 Å². The van der Waals surface area contributed by atoms with Gasteiger partial charge in [0.25, 0.3) is 0 Å². The van der Waals surface area contributed by atoms with Crippen LogP contribution in [0.4, 0.5) is 5.82 Å². The number of rotatable bonds is 3. The second-order valence-electron chi connectivity index (χ2n) is 8.34. The third-order valence-electron chi connectivity index (χ3n) is 5.85. The Morgan fingerprint density at radius 2 is 1.79 bits per heavy atom. The predicted molar refractivity (Wildman–Crippen MR) is 125 cm³/mol. The summed E-state index contributed by atoms with van der Waals surface area (Å²) in [5, 5.41) is 3.12. The van der Waals surface area contributed by atoms with Gasteiger partial charge in [-0.3, -0.25) is 0 Å². The summed E-state index contributed by atoms with van der Waals surface area (Å²) < 4.78 is 7.41. The summed E-state index contributed by atoms with van der Waals surface area (Å²) in [6.45, 7) is 7.18. The summed E-state index contributed by atoms with van der Waals surface area (Å²) in [5.41, 5.74) is 3.55. The maximum atomic E-state index is 6.25. The molecule has 2 aliphatic heterocycles. The molecule has 3 aromatic rings. The Bertz CT molecular complexity index is 1090. The van der Waals surface area contributed by atoms with Gasteiger partial charge in [-0.1, -0.05) is 11.8 Å². The molecular formula is C21H26N4OS3. The van der Waals surface area contributed by atoms with Crippen LogP contribution in [-0.2, 0) is 17.8 Å². The average molecular weight is 447 g/mol. The number of aromatic nitrogens is 3. The van der Waals surface area contributed by atoms with E-state index in [0.29, 0.717) is 6.61 Å². The van der Waals surface area contributed by atoms with Crippen molar-refractivity contribution in [3.05, 3.63) is 11.1 Å². The normalized spacial score (nSPS) is 19.1. The standard InChI is InChI=1S/C21H26N4OS3/c1-21(2)10-12-13(11-26-21)17(25-8-6-5-7-9-25)23-18-14(12)15-16(29-18)19(27-3)24-20(22-15)28-4/h5-11H2,1-4H3. The monoisotopic (exact) mass is 446 g/mol. The van der Waals surface area contributed by atoms with Gasteiger partial charge in [-0.05, 0) is 51.2 Å². The maximum Gasteiger partial charge on any atom is 0.189 e. The topological polar surface area (TPSA) is 51.1 Å². The molecule has 2 aliphatic rings. The molecule has 0 saturated carbocycles. The number of piperidine rings is 1. The predicted octanol–water partition coefficient (Wildman–Crippen LogP) is 5.52. The maximum absolute atomic E-state index is 6.25. The summed E-state index contributed by atoms with van der Waals surface area (Å²) in [6.07, 6.45) is 8.83. The van der Waals surface area contributed by atoms with Gasteiger partial charge in [-0.15, -0.1) is 23.1 Å². The highest BCUT2D eigenvalue weighted by Gasteiger charge is 2.33. The molecule has 0 unspecified atom stereocenters. The van der Waals surface area contributed by atoms with Gasteiger partial charge < -0.3 is 9.64 Å². The molecule has 5 rings (SSSR count). The van der Waals surface area contributed by atoms with Crippen LogP contribution in [-0.4, -0.2) is 46.2 Å². The highest BCUT2D eigenvalue weighted by molar-refractivity contribution is 7.99. The molecule has 5 nitrogen and oxygen atoms in total. The third kappa shape index (κ3) is 3.42. The van der Waals surface area contributed by atoms with E-state index < -0.39 is 0 Å². The van der Waals surface area contributed by atoms with Crippen molar-refractivity contribution in [2.24, 2.45) is 0 Å². The number of hydrogen-bond acceptors (Lipinski definition) is 8. The molecule has 0 amide bonds. The van der Waals surface area contributed by atoms with Gasteiger partial charge in [0.1, 0.15) is 15.7 Å². The fourth-order valence-electron chi connectivity index (χ4n) is 4.41. The summed E-state index contributed by atoms with van der Waals surface area (Å²) in [6, 6.07) is 0. The smallest absolute Gasteiger partial charge is 0.189 e. The van der Waals surface area contributed by atoms with Gasteiger partial charge in [0.2, 0.25) is 0 Å². The first-order valence-electron chi connectivity index (χ1n) is 10.1. The average Bonchev–Trinajstić information content (AvgIpc) is 3.11. The number of nitrogens with zero attached hydrogens (tertiary/aromatic N) is 4. The molecule has 154 valence electrons. The number of thiophene rings is 1. The second kappa shape index (κ2) is 7.55. The largest absolute Gasteiger partial charge is 0.370 e. The van der Waals surface area contributed by atoms with Crippen molar-refractivity contribution in [2.45, 2.75) is 61.9 Å². The van der Waals surface area contributed by atoms with Crippen LogP contribution < -0.4 is 4.90 Å². The first-order chi connectivity index (χ1) is 14.0. The van der Waals surface area contributed by atoms with Crippen LogP contribution in [0.1, 0.15) is 44.2 Å². The Labute approximate surface area is 184 Å². The highest BCUT2D eigenvalue weighted by Crippen LogP contribution is 2.45. The SMILES string of the molecule is CSc1nc(SC)c2sc3nc(N4CCCCC4)c4c(c3c2n1)CC(C)(C)OC4. The van der Waals surface area contributed by atoms with Crippen LogP contribution in [0, 0.1) is 0 Å². The van der Waals surface area contributed by atoms with Crippen molar-refractivity contribution < 1.29 is 4.74 Å². The Balaban J connectivity index is 1.83. The van der Waals surface area contributed by atoms with Gasteiger partial charge in [-0.25, -0.2) is 15.0 Å². The molecule has 1 saturated heterocycles. The van der Waals surface area contributed by atoms with Crippen LogP contribution in [0.5, 0.6) is 0 Å². The van der Waals surface area contributed by atoms with E-state index in [-0.39, 0.29) is 5.60 Å². The molecule has 1 fully saturated rings. The minimum atomic E-state index is -0.174. The molecule has 5 heterocycles. The molecular weight excluding hydrogens is 420 g/mol. The lowest BCUT2D eigenvalue weighted by Gasteiger charge is -2.36. The number of ether oxygens (including phenoxy) is 1. The first-order valence-corrected chi connectivity index (χ1v) is 13.4. The van der Waals surface area contributed by atoms with Gasteiger partial charge in [-0.2, -0.15) is 0 Å². The zero-order valence-corrected chi connectivity index (χ0v) is 19.8. The van der Waals surface area contributed by atoms with E-state index in [4.69, 9.17) is 19.7 Å². The number of fused-ring (bicyclic) bond motifs is 5. The molecule has 0 aliphatic carbocycles. The molecule has 0 aromatic carbocycles. The quantitative estimate of drug-likeness (QED) is 0.298. The van der Waals surface area contributed by atoms with Crippen molar-refractivity contribution in [1.29, 1.82) is 0 Å². The number of pyridine rings is 1. The Morgan fingerprint density at radius 1 is 1.00 bits per heavy atom. The van der Waals surface area contributed by atoms with E-state index >= 15 is 0 Å². The lowest BCUT2D eigenvalue weighted by Crippen LogP contribution is -2.36. The first kappa shape index (κ1) is 19.8. The fraction of sp³-hybridized carbons (Fsp3) is 0.571. The Morgan fingerprint density at radius 3 is 2.52 bits per heavy atom. The van der Waals surface area contributed by atoms with E-state index in [1.165, 1.54) is 40.5 Å². The van der Waals surface area contributed by atoms with E-state index in [2.05, 4.69) is 25.0 Å². The van der Waals surface area contributed by atoms with Crippen LogP contribution in [0.3, 0.4) is 0 Å². The van der Waals surface area contributed by atoms with Crippen molar-refractivity contribution in [3.63, 3.8) is 0 Å². The molecule has 8 heteroatoms. The van der Waals surface area contributed by atoms with Crippen LogP contribution in [0.2, 0.25) is 0 Å². The lowest BCUT2D eigenvalue weighted by molar-refractivity contribution is -0.0395. The molecule has 0 radical (unpaired) electrons. The summed E-state index contributed by atoms with van der Waals surface area (Å²) in [4.78, 5) is 18.5. The molecule has 0 atom stereocenters. The van der Waals surface area contributed by atoms with Gasteiger partial charge in [0, 0.05) is 30.5 Å². The number of thioether (sulfide) groups is 2. The lowest BCUT2D eigenvalue weighted by atomic mass is 9.90. The molecule has 29 heavy (non-hydrogen) atoms. The van der Waals surface area contributed by atoms with E-state index in [9.17, 15) is 0 Å². The van der Waals surface area contributed by atoms with E-state index in [1.807, 2.05) is 6.26 Å². The zero-order valence-electron chi connectivity index (χ0n) is 17.4. The van der Waals surface area contributed by atoms with Crippen LogP contribution in [0.15, 0.2) is 10.2 Å². The van der Waals surface area contributed by atoms with Crippen molar-refractivity contribution in [3.8, 4) is 0 Å². The van der Waals surface area contributed by atoms with Crippen molar-refractivity contribution in [1.82, 2.24) is 15.0 Å². The second-order valence-corrected chi connectivity index (χ2v) is 10.9. The van der Waals surface area contributed by atoms with Crippen LogP contribution >= 0.6 is 34.9 Å². The van der Waals surface area contributed by atoms with E-state index in [1.54, 1.807) is 34.9 Å². The molecule has 3 aromatic heterocycles. The highest BCUT2D eigenvalue weighted by atomic mass is 32.2. The van der Waals surface area contributed by atoms with Gasteiger partial charge >= 0.3 is 0 Å². The molecule has 0 N–H and O–H groups in total. The Hall–Kier alpha value is -1.09. The summed E-state index contributed by atoms with van der Waals surface area (Å²) >= 11 is 5.05. The van der Waals surface area contributed by atoms with Crippen molar-refractivity contribution >= 4 is 61.1 Å². The fourth-order valence-corrected chi connectivity index (χ4v) is 6.69. The van der Waals surface area contributed by atoms with E-state index in [0.717, 1.165) is 45.9 Å². The summed E-state index contributed by atoms with van der Waals surface area (Å²) in [5.74, 6) is 1.14. The summed E-state index contributed by atoms with van der Waals surface area (Å²) in [7, 11) is 0. The minimum absolute atomic E-state index is 0.174. The minimum Gasteiger partial charge on any atom is -0.370 e. The molecule has 0 spiro atoms. The third-order valence-corrected chi connectivity index (χ3v) is 8.29. The van der Waals surface area contributed by atoms with Crippen molar-refractivity contribution in [2.75, 3.05) is 30.5 Å². The van der Waals surface area contributed by atoms with Crippen LogP contribution in [0.25, 0.3) is 20.4 Å². The Kier molecular flexibility index (Phi) is 5.17.